The molecule has 180 valence electrons. The third-order valence-electron chi connectivity index (χ3n) is 6.74. The van der Waals surface area contributed by atoms with Gasteiger partial charge in [0.25, 0.3) is 0 Å². The second-order valence-corrected chi connectivity index (χ2v) is 9.37. The van der Waals surface area contributed by atoms with Crippen LogP contribution in [0.3, 0.4) is 0 Å². The van der Waals surface area contributed by atoms with Gasteiger partial charge in [0.15, 0.2) is 0 Å². The molecule has 2 aromatic heterocycles. The molecule has 2 heterocycles. The van der Waals surface area contributed by atoms with E-state index in [9.17, 15) is 4.79 Å². The lowest BCUT2D eigenvalue weighted by Crippen LogP contribution is -2.26. The minimum absolute atomic E-state index is 0.0342. The maximum absolute atomic E-state index is 13.3. The molecule has 1 aliphatic rings. The van der Waals surface area contributed by atoms with Gasteiger partial charge in [-0.3, -0.25) is 4.57 Å². The molecule has 0 bridgehead atoms. The van der Waals surface area contributed by atoms with E-state index in [1.807, 2.05) is 41.0 Å². The number of H-pyrrole nitrogens is 1. The zero-order chi connectivity index (χ0) is 24.3. The summed E-state index contributed by atoms with van der Waals surface area (Å²) in [7, 11) is 0. The highest BCUT2D eigenvalue weighted by atomic mass is 16.2. The van der Waals surface area contributed by atoms with Crippen molar-refractivity contribution in [2.75, 3.05) is 0 Å². The third-order valence-corrected chi connectivity index (χ3v) is 6.74. The van der Waals surface area contributed by atoms with Crippen LogP contribution in [0.4, 0.5) is 0 Å². The maximum atomic E-state index is 13.3. The Labute approximate surface area is 208 Å². The van der Waals surface area contributed by atoms with E-state index in [-0.39, 0.29) is 5.69 Å². The molecule has 5 aromatic rings. The van der Waals surface area contributed by atoms with Crippen LogP contribution in [0.1, 0.15) is 29.8 Å². The predicted octanol–water partition coefficient (Wildman–Crippen LogP) is 4.14. The third kappa shape index (κ3) is 4.75. The zero-order valence-electron chi connectivity index (χ0n) is 19.9. The monoisotopic (exact) mass is 477 g/mol. The van der Waals surface area contributed by atoms with Crippen LogP contribution in [0.2, 0.25) is 0 Å². The summed E-state index contributed by atoms with van der Waals surface area (Å²) in [6, 6.07) is 26.6. The quantitative estimate of drug-likeness (QED) is 0.344. The van der Waals surface area contributed by atoms with E-state index >= 15 is 0 Å². The summed E-state index contributed by atoms with van der Waals surface area (Å²) < 4.78 is 3.49. The molecule has 1 saturated carbocycles. The van der Waals surface area contributed by atoms with E-state index in [1.165, 1.54) is 18.4 Å². The van der Waals surface area contributed by atoms with E-state index in [0.717, 1.165) is 40.9 Å². The standard InChI is InChI=1S/C28H27N7O/c36-28-34(26(18-21-10-11-21)31-35(28)17-16-20-6-2-1-3-7-20)19-22-12-14-23(15-13-22)24-8-4-5-9-25(24)27-29-32-33-30-27/h1-9,12-15,21H,10-11,16-19H2,(H,29,30,32,33). The van der Waals surface area contributed by atoms with Crippen molar-refractivity contribution in [3.8, 4) is 22.5 Å². The summed E-state index contributed by atoms with van der Waals surface area (Å²) in [4.78, 5) is 13.3. The summed E-state index contributed by atoms with van der Waals surface area (Å²) in [5.74, 6) is 2.10. The van der Waals surface area contributed by atoms with Crippen molar-refractivity contribution in [2.45, 2.75) is 38.8 Å². The fourth-order valence-electron chi connectivity index (χ4n) is 4.58. The van der Waals surface area contributed by atoms with E-state index in [0.29, 0.717) is 24.8 Å². The van der Waals surface area contributed by atoms with Gasteiger partial charge >= 0.3 is 5.69 Å². The Bertz CT molecular complexity index is 1500. The molecule has 0 unspecified atom stereocenters. The second kappa shape index (κ2) is 9.73. The SMILES string of the molecule is O=c1n(CCc2ccccc2)nc(CC2CC2)n1Cc1ccc(-c2ccccc2-c2nn[nH]n2)cc1. The minimum atomic E-state index is -0.0342. The number of rotatable bonds is 9. The first-order chi connectivity index (χ1) is 17.7. The smallest absolute Gasteiger partial charge is 0.274 e. The van der Waals surface area contributed by atoms with Gasteiger partial charge in [-0.15, -0.1) is 10.2 Å². The first-order valence-corrected chi connectivity index (χ1v) is 12.4. The van der Waals surface area contributed by atoms with Gasteiger partial charge in [-0.05, 0) is 52.6 Å². The average Bonchev–Trinajstić information content (AvgIpc) is 3.47. The number of tetrazole rings is 1. The molecule has 36 heavy (non-hydrogen) atoms. The van der Waals surface area contributed by atoms with Crippen LogP contribution < -0.4 is 5.69 Å². The first kappa shape index (κ1) is 22.2. The fraction of sp³-hybridized carbons (Fsp3) is 0.250. The Balaban J connectivity index is 1.25. The van der Waals surface area contributed by atoms with Gasteiger partial charge in [0, 0.05) is 12.0 Å². The number of benzene rings is 3. The average molecular weight is 478 g/mol. The fourth-order valence-corrected chi connectivity index (χ4v) is 4.58. The van der Waals surface area contributed by atoms with Crippen LogP contribution in [0.15, 0.2) is 83.7 Å². The Morgan fingerprint density at radius 3 is 2.33 bits per heavy atom. The predicted molar refractivity (Wildman–Crippen MR) is 137 cm³/mol. The van der Waals surface area contributed by atoms with Crippen LogP contribution in [0.25, 0.3) is 22.5 Å². The topological polar surface area (TPSA) is 94.3 Å². The van der Waals surface area contributed by atoms with Crippen molar-refractivity contribution in [1.82, 2.24) is 35.0 Å². The van der Waals surface area contributed by atoms with Gasteiger partial charge in [0.05, 0.1) is 13.1 Å². The van der Waals surface area contributed by atoms with E-state index in [2.05, 4.69) is 63.1 Å². The van der Waals surface area contributed by atoms with E-state index in [1.54, 1.807) is 4.68 Å². The lowest BCUT2D eigenvalue weighted by molar-refractivity contribution is 0.578. The second-order valence-electron chi connectivity index (χ2n) is 9.37. The van der Waals surface area contributed by atoms with Crippen molar-refractivity contribution in [3.05, 3.63) is 106 Å². The Morgan fingerprint density at radius 1 is 0.861 bits per heavy atom. The van der Waals surface area contributed by atoms with Crippen molar-refractivity contribution in [1.29, 1.82) is 0 Å². The summed E-state index contributed by atoms with van der Waals surface area (Å²) in [5, 5.41) is 19.2. The summed E-state index contributed by atoms with van der Waals surface area (Å²) in [6.07, 6.45) is 4.10. The van der Waals surface area contributed by atoms with Gasteiger partial charge in [0.1, 0.15) is 5.82 Å². The van der Waals surface area contributed by atoms with Crippen molar-refractivity contribution < 1.29 is 0 Å². The molecule has 0 atom stereocenters. The number of nitrogens with zero attached hydrogens (tertiary/aromatic N) is 6. The van der Waals surface area contributed by atoms with Crippen LogP contribution in [-0.4, -0.2) is 35.0 Å². The van der Waals surface area contributed by atoms with Gasteiger partial charge in [-0.2, -0.15) is 10.3 Å². The highest BCUT2D eigenvalue weighted by molar-refractivity contribution is 5.80. The van der Waals surface area contributed by atoms with E-state index in [4.69, 9.17) is 5.10 Å². The van der Waals surface area contributed by atoms with Crippen LogP contribution in [-0.2, 0) is 25.9 Å². The van der Waals surface area contributed by atoms with Crippen molar-refractivity contribution in [3.63, 3.8) is 0 Å². The lowest BCUT2D eigenvalue weighted by atomic mass is 9.98. The largest absolute Gasteiger partial charge is 0.346 e. The van der Waals surface area contributed by atoms with Gasteiger partial charge in [0.2, 0.25) is 5.82 Å². The van der Waals surface area contributed by atoms with Crippen LogP contribution >= 0.6 is 0 Å². The van der Waals surface area contributed by atoms with E-state index < -0.39 is 0 Å². The summed E-state index contributed by atoms with van der Waals surface area (Å²) in [6.45, 7) is 1.10. The highest BCUT2D eigenvalue weighted by Crippen LogP contribution is 2.32. The molecule has 6 rings (SSSR count). The molecule has 0 aliphatic heterocycles. The molecule has 1 aliphatic carbocycles. The minimum Gasteiger partial charge on any atom is -0.274 e. The Hall–Kier alpha value is -4.33. The zero-order valence-corrected chi connectivity index (χ0v) is 19.9. The highest BCUT2D eigenvalue weighted by Gasteiger charge is 2.25. The molecule has 3 aromatic carbocycles. The van der Waals surface area contributed by atoms with Crippen LogP contribution in [0, 0.1) is 5.92 Å². The van der Waals surface area contributed by atoms with Gasteiger partial charge in [-0.25, -0.2) is 9.48 Å². The van der Waals surface area contributed by atoms with Crippen LogP contribution in [0.5, 0.6) is 0 Å². The maximum Gasteiger partial charge on any atom is 0.346 e. The summed E-state index contributed by atoms with van der Waals surface area (Å²) in [5.41, 5.74) is 5.25. The number of aryl methyl sites for hydroxylation is 2. The number of nitrogens with one attached hydrogen (secondary N) is 1. The molecule has 0 spiro atoms. The van der Waals surface area contributed by atoms with Gasteiger partial charge in [-0.1, -0.05) is 78.9 Å². The Kier molecular flexibility index (Phi) is 5.99. The van der Waals surface area contributed by atoms with Crippen molar-refractivity contribution in [2.24, 2.45) is 5.92 Å². The number of hydrogen-bond acceptors (Lipinski definition) is 5. The molecular formula is C28H27N7O. The number of aromatic amines is 1. The molecule has 0 saturated heterocycles. The number of aromatic nitrogens is 7. The molecule has 8 heteroatoms. The number of hydrogen-bond donors (Lipinski definition) is 1. The molecule has 1 N–H and O–H groups in total. The molecule has 1 fully saturated rings. The molecule has 0 radical (unpaired) electrons. The lowest BCUT2D eigenvalue weighted by Gasteiger charge is -2.09. The Morgan fingerprint density at radius 2 is 1.61 bits per heavy atom. The summed E-state index contributed by atoms with van der Waals surface area (Å²) >= 11 is 0. The molecular weight excluding hydrogens is 450 g/mol. The van der Waals surface area contributed by atoms with Crippen molar-refractivity contribution >= 4 is 0 Å². The first-order valence-electron chi connectivity index (χ1n) is 12.4. The van der Waals surface area contributed by atoms with Gasteiger partial charge < -0.3 is 0 Å². The normalized spacial score (nSPS) is 13.2. The molecule has 0 amide bonds. The molecule has 8 nitrogen and oxygen atoms in total.